The molecule has 150 valence electrons. The van der Waals surface area contributed by atoms with E-state index < -0.39 is 10.0 Å². The first-order valence-electron chi connectivity index (χ1n) is 9.24. The summed E-state index contributed by atoms with van der Waals surface area (Å²) in [6, 6.07) is 21.8. The molecule has 3 rings (SSSR count). The SMILES string of the molecule is Cc1ccc(C)c(NC(=O)c2ccc(CN(c3ccccc3)S(C)(=O)=O)cc2)c1. The third-order valence-corrected chi connectivity index (χ3v) is 5.77. The van der Waals surface area contributed by atoms with Gasteiger partial charge in [-0.15, -0.1) is 0 Å². The Morgan fingerprint density at radius 1 is 0.931 bits per heavy atom. The highest BCUT2D eigenvalue weighted by atomic mass is 32.2. The van der Waals surface area contributed by atoms with Crippen LogP contribution in [0.15, 0.2) is 72.8 Å². The number of nitrogens with one attached hydrogen (secondary N) is 1. The second-order valence-electron chi connectivity index (χ2n) is 7.07. The zero-order valence-electron chi connectivity index (χ0n) is 16.7. The van der Waals surface area contributed by atoms with Crippen molar-refractivity contribution < 1.29 is 13.2 Å². The highest BCUT2D eigenvalue weighted by Crippen LogP contribution is 2.21. The maximum Gasteiger partial charge on any atom is 0.255 e. The average Bonchev–Trinajstić information content (AvgIpc) is 2.69. The van der Waals surface area contributed by atoms with Gasteiger partial charge in [0.05, 0.1) is 18.5 Å². The zero-order chi connectivity index (χ0) is 21.0. The smallest absolute Gasteiger partial charge is 0.255 e. The number of anilines is 2. The van der Waals surface area contributed by atoms with Crippen LogP contribution in [0.3, 0.4) is 0 Å². The van der Waals surface area contributed by atoms with Gasteiger partial charge in [-0.25, -0.2) is 8.42 Å². The standard InChI is InChI=1S/C23H24N2O3S/c1-17-9-10-18(2)22(15-17)24-23(26)20-13-11-19(12-14-20)16-25(29(3,27)28)21-7-5-4-6-8-21/h4-15H,16H2,1-3H3,(H,24,26). The van der Waals surface area contributed by atoms with Crippen LogP contribution in [0.2, 0.25) is 0 Å². The third kappa shape index (κ3) is 5.23. The van der Waals surface area contributed by atoms with Crippen LogP contribution in [0, 0.1) is 13.8 Å². The molecule has 0 bridgehead atoms. The molecule has 0 radical (unpaired) electrons. The molecular formula is C23H24N2O3S. The van der Waals surface area contributed by atoms with E-state index in [9.17, 15) is 13.2 Å². The summed E-state index contributed by atoms with van der Waals surface area (Å²) in [5.41, 5.74) is 4.76. The molecule has 0 unspecified atom stereocenters. The molecule has 1 N–H and O–H groups in total. The van der Waals surface area contributed by atoms with Gasteiger partial charge in [0.15, 0.2) is 0 Å². The van der Waals surface area contributed by atoms with Crippen LogP contribution in [0.5, 0.6) is 0 Å². The van der Waals surface area contributed by atoms with Crippen molar-refractivity contribution in [1.29, 1.82) is 0 Å². The van der Waals surface area contributed by atoms with E-state index in [0.717, 1.165) is 22.4 Å². The van der Waals surface area contributed by atoms with Gasteiger partial charge in [-0.05, 0) is 60.9 Å². The first kappa shape index (κ1) is 20.6. The van der Waals surface area contributed by atoms with Crippen molar-refractivity contribution in [1.82, 2.24) is 0 Å². The molecule has 1 amide bonds. The predicted octanol–water partition coefficient (Wildman–Crippen LogP) is 4.52. The maximum absolute atomic E-state index is 12.6. The fraction of sp³-hybridized carbons (Fsp3) is 0.174. The van der Waals surface area contributed by atoms with Crippen molar-refractivity contribution in [3.8, 4) is 0 Å². The van der Waals surface area contributed by atoms with Gasteiger partial charge >= 0.3 is 0 Å². The number of carbonyl (C=O) groups excluding carboxylic acids is 1. The number of hydrogen-bond donors (Lipinski definition) is 1. The van der Waals surface area contributed by atoms with Crippen molar-refractivity contribution in [2.24, 2.45) is 0 Å². The van der Waals surface area contributed by atoms with Crippen molar-refractivity contribution in [2.75, 3.05) is 15.9 Å². The van der Waals surface area contributed by atoms with Crippen molar-refractivity contribution in [3.05, 3.63) is 95.1 Å². The van der Waals surface area contributed by atoms with E-state index in [1.54, 1.807) is 48.5 Å². The second-order valence-corrected chi connectivity index (χ2v) is 8.98. The molecule has 0 aliphatic rings. The van der Waals surface area contributed by atoms with Gasteiger partial charge in [0.25, 0.3) is 5.91 Å². The second kappa shape index (κ2) is 8.49. The van der Waals surface area contributed by atoms with E-state index in [1.165, 1.54) is 10.6 Å². The lowest BCUT2D eigenvalue weighted by Crippen LogP contribution is -2.29. The molecule has 0 saturated carbocycles. The molecule has 0 aliphatic heterocycles. The number of sulfonamides is 1. The molecule has 6 heteroatoms. The molecule has 3 aromatic rings. The Morgan fingerprint density at radius 2 is 1.59 bits per heavy atom. The first-order chi connectivity index (χ1) is 13.7. The minimum Gasteiger partial charge on any atom is -0.322 e. The minimum atomic E-state index is -3.44. The van der Waals surface area contributed by atoms with Crippen LogP contribution >= 0.6 is 0 Å². The van der Waals surface area contributed by atoms with Crippen LogP contribution in [0.25, 0.3) is 0 Å². The van der Waals surface area contributed by atoms with Gasteiger partial charge in [-0.3, -0.25) is 9.10 Å². The van der Waals surface area contributed by atoms with E-state index in [0.29, 0.717) is 11.3 Å². The highest BCUT2D eigenvalue weighted by molar-refractivity contribution is 7.92. The number of nitrogens with zero attached hydrogens (tertiary/aromatic N) is 1. The van der Waals surface area contributed by atoms with E-state index in [2.05, 4.69) is 5.32 Å². The Bertz CT molecular complexity index is 1110. The van der Waals surface area contributed by atoms with Gasteiger partial charge < -0.3 is 5.32 Å². The molecule has 29 heavy (non-hydrogen) atoms. The minimum absolute atomic E-state index is 0.196. The summed E-state index contributed by atoms with van der Waals surface area (Å²) in [4.78, 5) is 12.6. The number of hydrogen-bond acceptors (Lipinski definition) is 3. The molecule has 3 aromatic carbocycles. The van der Waals surface area contributed by atoms with E-state index in [1.807, 2.05) is 38.1 Å². The van der Waals surface area contributed by atoms with Crippen molar-refractivity contribution in [3.63, 3.8) is 0 Å². The fourth-order valence-electron chi connectivity index (χ4n) is 2.99. The number of aryl methyl sites for hydroxylation is 2. The largest absolute Gasteiger partial charge is 0.322 e. The lowest BCUT2D eigenvalue weighted by Gasteiger charge is -2.22. The van der Waals surface area contributed by atoms with Gasteiger partial charge in [0.2, 0.25) is 10.0 Å². The monoisotopic (exact) mass is 408 g/mol. The van der Waals surface area contributed by atoms with Gasteiger partial charge in [0, 0.05) is 11.3 Å². The number of benzene rings is 3. The van der Waals surface area contributed by atoms with Crippen LogP contribution in [-0.2, 0) is 16.6 Å². The van der Waals surface area contributed by atoms with Gasteiger partial charge in [0.1, 0.15) is 0 Å². The zero-order valence-corrected chi connectivity index (χ0v) is 17.5. The van der Waals surface area contributed by atoms with Crippen LogP contribution < -0.4 is 9.62 Å². The molecule has 0 saturated heterocycles. The van der Waals surface area contributed by atoms with Gasteiger partial charge in [-0.2, -0.15) is 0 Å². The van der Waals surface area contributed by atoms with Crippen LogP contribution in [0.4, 0.5) is 11.4 Å². The van der Waals surface area contributed by atoms with E-state index in [4.69, 9.17) is 0 Å². The van der Waals surface area contributed by atoms with E-state index >= 15 is 0 Å². The van der Waals surface area contributed by atoms with Crippen molar-refractivity contribution >= 4 is 27.3 Å². The Kier molecular flexibility index (Phi) is 6.03. The third-order valence-electron chi connectivity index (χ3n) is 4.63. The Balaban J connectivity index is 1.77. The molecule has 0 atom stereocenters. The Labute approximate surface area is 172 Å². The summed E-state index contributed by atoms with van der Waals surface area (Å²) in [5.74, 6) is -0.201. The molecule has 0 fully saturated rings. The normalized spacial score (nSPS) is 11.1. The predicted molar refractivity (Wildman–Crippen MR) is 118 cm³/mol. The summed E-state index contributed by atoms with van der Waals surface area (Å²) < 4.78 is 25.8. The Hall–Kier alpha value is -3.12. The maximum atomic E-state index is 12.6. The number of para-hydroxylation sites is 1. The molecule has 5 nitrogen and oxygen atoms in total. The molecule has 0 aliphatic carbocycles. The highest BCUT2D eigenvalue weighted by Gasteiger charge is 2.18. The first-order valence-corrected chi connectivity index (χ1v) is 11.1. The fourth-order valence-corrected chi connectivity index (χ4v) is 3.87. The van der Waals surface area contributed by atoms with Crippen LogP contribution in [0.1, 0.15) is 27.0 Å². The average molecular weight is 409 g/mol. The molecular weight excluding hydrogens is 384 g/mol. The summed E-state index contributed by atoms with van der Waals surface area (Å²) in [7, 11) is -3.44. The van der Waals surface area contributed by atoms with E-state index in [-0.39, 0.29) is 12.5 Å². The summed E-state index contributed by atoms with van der Waals surface area (Å²) >= 11 is 0. The lowest BCUT2D eigenvalue weighted by atomic mass is 10.1. The lowest BCUT2D eigenvalue weighted by molar-refractivity contribution is 0.102. The molecule has 0 aromatic heterocycles. The van der Waals surface area contributed by atoms with Crippen LogP contribution in [-0.4, -0.2) is 20.6 Å². The summed E-state index contributed by atoms with van der Waals surface area (Å²) in [5, 5.41) is 2.93. The molecule has 0 heterocycles. The topological polar surface area (TPSA) is 66.5 Å². The quantitative estimate of drug-likeness (QED) is 0.652. The number of amides is 1. The number of rotatable bonds is 6. The Morgan fingerprint density at radius 3 is 2.21 bits per heavy atom. The van der Waals surface area contributed by atoms with Gasteiger partial charge in [-0.1, -0.05) is 42.5 Å². The number of carbonyl (C=O) groups is 1. The summed E-state index contributed by atoms with van der Waals surface area (Å²) in [6.07, 6.45) is 1.19. The summed E-state index contributed by atoms with van der Waals surface area (Å²) in [6.45, 7) is 4.12. The van der Waals surface area contributed by atoms with Crippen molar-refractivity contribution in [2.45, 2.75) is 20.4 Å². The molecule has 0 spiro atoms.